The summed E-state index contributed by atoms with van der Waals surface area (Å²) in [6.45, 7) is 4.47. The van der Waals surface area contributed by atoms with Crippen LogP contribution < -0.4 is 10.5 Å². The number of ether oxygens (including phenoxy) is 1. The minimum atomic E-state index is -0.220. The van der Waals surface area contributed by atoms with Gasteiger partial charge in [-0.25, -0.2) is 0 Å². The van der Waals surface area contributed by atoms with Gasteiger partial charge in [0.25, 0.3) is 0 Å². The molecule has 0 atom stereocenters. The second-order valence-electron chi connectivity index (χ2n) is 4.19. The lowest BCUT2D eigenvalue weighted by atomic mass is 10.0. The first-order chi connectivity index (χ1) is 6.87. The molecule has 0 unspecified atom stereocenters. The van der Waals surface area contributed by atoms with E-state index in [1.165, 1.54) is 0 Å². The van der Waals surface area contributed by atoms with Crippen molar-refractivity contribution in [1.82, 2.24) is 0 Å². The lowest BCUT2D eigenvalue weighted by Crippen LogP contribution is -2.33. The minimum Gasteiger partial charge on any atom is -0.493 e. The largest absolute Gasteiger partial charge is 0.493 e. The molecule has 0 aromatic heterocycles. The lowest BCUT2D eigenvalue weighted by molar-refractivity contribution is 0.274. The number of hydrogen-bond acceptors (Lipinski definition) is 2. The van der Waals surface area contributed by atoms with Gasteiger partial charge in [-0.2, -0.15) is 0 Å². The Morgan fingerprint density at radius 2 is 1.73 bits per heavy atom. The highest BCUT2D eigenvalue weighted by molar-refractivity contribution is 6.34. The summed E-state index contributed by atoms with van der Waals surface area (Å²) in [6, 6.07) is 5.14. The first-order valence-electron chi connectivity index (χ1n) is 4.75. The van der Waals surface area contributed by atoms with Crippen molar-refractivity contribution in [3.05, 3.63) is 28.2 Å². The van der Waals surface area contributed by atoms with E-state index >= 15 is 0 Å². The van der Waals surface area contributed by atoms with Crippen LogP contribution in [0.15, 0.2) is 18.2 Å². The zero-order valence-corrected chi connectivity index (χ0v) is 10.4. The molecule has 0 radical (unpaired) electrons. The fraction of sp³-hybridized carbons (Fsp3) is 0.455. The molecule has 1 aromatic carbocycles. The molecular weight excluding hydrogens is 233 g/mol. The molecule has 1 rings (SSSR count). The van der Waals surface area contributed by atoms with Gasteiger partial charge >= 0.3 is 0 Å². The third-order valence-electron chi connectivity index (χ3n) is 1.85. The molecule has 0 fully saturated rings. The first-order valence-corrected chi connectivity index (χ1v) is 5.50. The summed E-state index contributed by atoms with van der Waals surface area (Å²) in [7, 11) is 0. The zero-order chi connectivity index (χ0) is 11.5. The molecule has 0 bridgehead atoms. The van der Waals surface area contributed by atoms with Crippen molar-refractivity contribution in [2.45, 2.75) is 25.8 Å². The van der Waals surface area contributed by atoms with Crippen molar-refractivity contribution in [3.8, 4) is 5.75 Å². The summed E-state index contributed by atoms with van der Waals surface area (Å²) in [5.74, 6) is 0.678. The van der Waals surface area contributed by atoms with Gasteiger partial charge in [0.15, 0.2) is 0 Å². The number of rotatable bonds is 4. The van der Waals surface area contributed by atoms with Crippen molar-refractivity contribution < 1.29 is 4.74 Å². The zero-order valence-electron chi connectivity index (χ0n) is 8.89. The SMILES string of the molecule is CC(C)(N)CCOc1cc(Cl)cc(Cl)c1. The van der Waals surface area contributed by atoms with E-state index in [2.05, 4.69) is 0 Å². The second kappa shape index (κ2) is 5.06. The third kappa shape index (κ3) is 5.26. The van der Waals surface area contributed by atoms with Crippen LogP contribution in [0, 0.1) is 0 Å². The summed E-state index contributed by atoms with van der Waals surface area (Å²) in [5, 5.41) is 1.15. The van der Waals surface area contributed by atoms with Crippen LogP contribution in [0.25, 0.3) is 0 Å². The van der Waals surface area contributed by atoms with Crippen molar-refractivity contribution in [1.29, 1.82) is 0 Å². The normalized spacial score (nSPS) is 11.5. The molecular formula is C11H15Cl2NO. The predicted octanol–water partition coefficient (Wildman–Crippen LogP) is 3.50. The molecule has 0 heterocycles. The van der Waals surface area contributed by atoms with Crippen molar-refractivity contribution >= 4 is 23.2 Å². The molecule has 0 aliphatic heterocycles. The Balaban J connectivity index is 2.51. The predicted molar refractivity (Wildman–Crippen MR) is 64.8 cm³/mol. The van der Waals surface area contributed by atoms with Gasteiger partial charge in [0.1, 0.15) is 5.75 Å². The smallest absolute Gasteiger partial charge is 0.122 e. The molecule has 1 aromatic rings. The topological polar surface area (TPSA) is 35.2 Å². The van der Waals surface area contributed by atoms with Gasteiger partial charge < -0.3 is 10.5 Å². The van der Waals surface area contributed by atoms with Gasteiger partial charge in [0.2, 0.25) is 0 Å². The van der Waals surface area contributed by atoms with E-state index in [1.54, 1.807) is 18.2 Å². The quantitative estimate of drug-likeness (QED) is 0.884. The van der Waals surface area contributed by atoms with E-state index in [0.717, 1.165) is 6.42 Å². The van der Waals surface area contributed by atoms with E-state index in [1.807, 2.05) is 13.8 Å². The number of nitrogens with two attached hydrogens (primary N) is 1. The van der Waals surface area contributed by atoms with Gasteiger partial charge in [0.05, 0.1) is 6.61 Å². The minimum absolute atomic E-state index is 0.220. The van der Waals surface area contributed by atoms with Crippen LogP contribution in [0.1, 0.15) is 20.3 Å². The molecule has 0 aliphatic carbocycles. The van der Waals surface area contributed by atoms with Gasteiger partial charge in [-0.3, -0.25) is 0 Å². The summed E-state index contributed by atoms with van der Waals surface area (Å²) in [5.41, 5.74) is 5.61. The molecule has 2 N–H and O–H groups in total. The highest BCUT2D eigenvalue weighted by atomic mass is 35.5. The molecule has 0 aliphatic rings. The highest BCUT2D eigenvalue weighted by Crippen LogP contribution is 2.24. The van der Waals surface area contributed by atoms with Gasteiger partial charge in [-0.05, 0) is 38.5 Å². The molecule has 84 valence electrons. The lowest BCUT2D eigenvalue weighted by Gasteiger charge is -2.18. The standard InChI is InChI=1S/C11H15Cl2NO/c1-11(2,14)3-4-15-10-6-8(12)5-9(13)7-10/h5-7H,3-4,14H2,1-2H3. The summed E-state index contributed by atoms with van der Waals surface area (Å²) >= 11 is 11.7. The van der Waals surface area contributed by atoms with Crippen LogP contribution in [-0.4, -0.2) is 12.1 Å². The van der Waals surface area contributed by atoms with E-state index in [-0.39, 0.29) is 5.54 Å². The molecule has 0 saturated heterocycles. The Morgan fingerprint density at radius 1 is 1.20 bits per heavy atom. The Hall–Kier alpha value is -0.440. The fourth-order valence-electron chi connectivity index (χ4n) is 1.04. The molecule has 0 saturated carbocycles. The van der Waals surface area contributed by atoms with E-state index in [9.17, 15) is 0 Å². The van der Waals surface area contributed by atoms with Crippen LogP contribution >= 0.6 is 23.2 Å². The van der Waals surface area contributed by atoms with Crippen LogP contribution in [0.3, 0.4) is 0 Å². The molecule has 2 nitrogen and oxygen atoms in total. The third-order valence-corrected chi connectivity index (χ3v) is 2.29. The summed E-state index contributed by atoms with van der Waals surface area (Å²) in [6.07, 6.45) is 0.775. The Morgan fingerprint density at radius 3 is 2.20 bits per heavy atom. The second-order valence-corrected chi connectivity index (χ2v) is 5.07. The summed E-state index contributed by atoms with van der Waals surface area (Å²) in [4.78, 5) is 0. The first kappa shape index (κ1) is 12.6. The van der Waals surface area contributed by atoms with Crippen molar-refractivity contribution in [2.75, 3.05) is 6.61 Å². The van der Waals surface area contributed by atoms with Gasteiger partial charge in [0, 0.05) is 15.6 Å². The number of hydrogen-bond donors (Lipinski definition) is 1. The average molecular weight is 248 g/mol. The van der Waals surface area contributed by atoms with E-state index in [0.29, 0.717) is 22.4 Å². The van der Waals surface area contributed by atoms with Gasteiger partial charge in [-0.1, -0.05) is 23.2 Å². The van der Waals surface area contributed by atoms with Crippen LogP contribution in [0.4, 0.5) is 0 Å². The van der Waals surface area contributed by atoms with Crippen molar-refractivity contribution in [3.63, 3.8) is 0 Å². The monoisotopic (exact) mass is 247 g/mol. The molecule has 0 spiro atoms. The average Bonchev–Trinajstić information content (AvgIpc) is 1.99. The number of halogens is 2. The molecule has 4 heteroatoms. The Kier molecular flexibility index (Phi) is 4.26. The number of benzene rings is 1. The van der Waals surface area contributed by atoms with E-state index in [4.69, 9.17) is 33.7 Å². The molecule has 0 amide bonds. The molecule has 15 heavy (non-hydrogen) atoms. The van der Waals surface area contributed by atoms with Crippen LogP contribution in [-0.2, 0) is 0 Å². The maximum Gasteiger partial charge on any atom is 0.122 e. The summed E-state index contributed by atoms with van der Waals surface area (Å²) < 4.78 is 5.49. The maximum atomic E-state index is 5.83. The van der Waals surface area contributed by atoms with Crippen LogP contribution in [0.2, 0.25) is 10.0 Å². The highest BCUT2D eigenvalue weighted by Gasteiger charge is 2.10. The van der Waals surface area contributed by atoms with Crippen molar-refractivity contribution in [2.24, 2.45) is 5.73 Å². The Bertz CT molecular complexity index is 314. The Labute approximate surface area is 100 Å². The van der Waals surface area contributed by atoms with Gasteiger partial charge in [-0.15, -0.1) is 0 Å². The maximum absolute atomic E-state index is 5.83. The fourth-order valence-corrected chi connectivity index (χ4v) is 1.55. The van der Waals surface area contributed by atoms with E-state index < -0.39 is 0 Å². The van der Waals surface area contributed by atoms with Crippen LogP contribution in [0.5, 0.6) is 5.75 Å².